The Kier molecular flexibility index (Phi) is 3.80. The van der Waals surface area contributed by atoms with Gasteiger partial charge in [0.2, 0.25) is 0 Å². The minimum absolute atomic E-state index is 0.00852. The van der Waals surface area contributed by atoms with Crippen LogP contribution in [0.2, 0.25) is 0 Å². The number of rotatable bonds is 2. The molecule has 1 amide bonds. The maximum atomic E-state index is 13.3. The summed E-state index contributed by atoms with van der Waals surface area (Å²) in [5.41, 5.74) is 4.49. The first-order chi connectivity index (χ1) is 12.1. The second-order valence-electron chi connectivity index (χ2n) is 6.44. The topological polar surface area (TPSA) is 76.0 Å². The molecule has 1 aliphatic heterocycles. The summed E-state index contributed by atoms with van der Waals surface area (Å²) in [6, 6.07) is 5.55. The van der Waals surface area contributed by atoms with Gasteiger partial charge in [-0.1, -0.05) is 12.1 Å². The molecule has 1 aliphatic rings. The summed E-state index contributed by atoms with van der Waals surface area (Å²) in [5, 5.41) is 12.4. The Bertz CT molecular complexity index is 942. The van der Waals surface area contributed by atoms with Gasteiger partial charge >= 0.3 is 0 Å². The van der Waals surface area contributed by atoms with Crippen LogP contribution in [0, 0.1) is 13.8 Å². The highest BCUT2D eigenvalue weighted by atomic mass is 16.5. The molecule has 1 saturated heterocycles. The molecule has 7 nitrogen and oxygen atoms in total. The van der Waals surface area contributed by atoms with Crippen molar-refractivity contribution in [3.05, 3.63) is 46.9 Å². The Morgan fingerprint density at radius 1 is 1.36 bits per heavy atom. The van der Waals surface area contributed by atoms with Gasteiger partial charge in [-0.3, -0.25) is 14.6 Å². The van der Waals surface area contributed by atoms with Gasteiger partial charge in [-0.2, -0.15) is 10.2 Å². The molecular weight excluding hydrogens is 318 g/mol. The van der Waals surface area contributed by atoms with Gasteiger partial charge in [0.05, 0.1) is 42.2 Å². The third-order valence-electron chi connectivity index (χ3n) is 4.99. The normalized spacial score (nSPS) is 18.0. The highest BCUT2D eigenvalue weighted by molar-refractivity contribution is 6.05. The largest absolute Gasteiger partial charge is 0.377 e. The Balaban J connectivity index is 1.76. The molecule has 0 radical (unpaired) electrons. The van der Waals surface area contributed by atoms with E-state index in [4.69, 9.17) is 4.74 Å². The first-order valence-electron chi connectivity index (χ1n) is 8.39. The smallest absolute Gasteiger partial charge is 0.256 e. The zero-order valence-electron chi connectivity index (χ0n) is 14.6. The van der Waals surface area contributed by atoms with E-state index in [1.165, 1.54) is 0 Å². The van der Waals surface area contributed by atoms with Gasteiger partial charge < -0.3 is 9.64 Å². The van der Waals surface area contributed by atoms with Crippen molar-refractivity contribution in [3.8, 4) is 0 Å². The van der Waals surface area contributed by atoms with Gasteiger partial charge in [-0.05, 0) is 19.9 Å². The third-order valence-corrected chi connectivity index (χ3v) is 4.99. The molecule has 0 spiro atoms. The number of amides is 1. The Labute approximate surface area is 145 Å². The number of fused-ring (bicyclic) bond motifs is 1. The van der Waals surface area contributed by atoms with Crippen molar-refractivity contribution in [1.29, 1.82) is 0 Å². The molecule has 0 unspecified atom stereocenters. The van der Waals surface area contributed by atoms with Crippen LogP contribution >= 0.6 is 0 Å². The molecule has 1 atom stereocenters. The average Bonchev–Trinajstić information content (AvgIpc) is 3.19. The molecule has 1 fully saturated rings. The minimum Gasteiger partial charge on any atom is -0.377 e. The summed E-state index contributed by atoms with van der Waals surface area (Å²) >= 11 is 0. The minimum atomic E-state index is -0.131. The maximum Gasteiger partial charge on any atom is 0.256 e. The molecule has 130 valence electrons. The van der Waals surface area contributed by atoms with Gasteiger partial charge in [0.1, 0.15) is 0 Å². The molecule has 0 aliphatic carbocycles. The highest BCUT2D eigenvalue weighted by Gasteiger charge is 2.33. The van der Waals surface area contributed by atoms with E-state index in [0.717, 1.165) is 27.9 Å². The predicted molar refractivity (Wildman–Crippen MR) is 93.4 cm³/mol. The standard InChI is InChI=1S/C18H21N5O2/c1-11-16(12(2)22(3)21-11)15-10-25-8-7-23(15)18(24)14-6-4-5-13-9-19-20-17(13)14/h4-6,9,15H,7-8,10H2,1-3H3,(H,19,20)/t15-/m1/s1. The lowest BCUT2D eigenvalue weighted by Crippen LogP contribution is -2.43. The average molecular weight is 339 g/mol. The van der Waals surface area contributed by atoms with Crippen LogP contribution < -0.4 is 0 Å². The second kappa shape index (κ2) is 6.00. The van der Waals surface area contributed by atoms with Crippen LogP contribution in [0.1, 0.15) is 33.4 Å². The van der Waals surface area contributed by atoms with Crippen LogP contribution in [0.5, 0.6) is 0 Å². The Hall–Kier alpha value is -2.67. The van der Waals surface area contributed by atoms with Crippen LogP contribution in [0.25, 0.3) is 10.9 Å². The Morgan fingerprint density at radius 3 is 2.96 bits per heavy atom. The maximum absolute atomic E-state index is 13.3. The number of carbonyl (C=O) groups is 1. The fraction of sp³-hybridized carbons (Fsp3) is 0.389. The summed E-state index contributed by atoms with van der Waals surface area (Å²) in [6.45, 7) is 5.59. The van der Waals surface area contributed by atoms with Gasteiger partial charge in [-0.25, -0.2) is 0 Å². The number of hydrogen-bond donors (Lipinski definition) is 1. The van der Waals surface area contributed by atoms with Crippen molar-refractivity contribution in [2.45, 2.75) is 19.9 Å². The van der Waals surface area contributed by atoms with Crippen LogP contribution in [0.4, 0.5) is 0 Å². The van der Waals surface area contributed by atoms with Crippen molar-refractivity contribution in [3.63, 3.8) is 0 Å². The van der Waals surface area contributed by atoms with Gasteiger partial charge in [0.25, 0.3) is 5.91 Å². The van der Waals surface area contributed by atoms with Crippen LogP contribution in [-0.2, 0) is 11.8 Å². The summed E-state index contributed by atoms with van der Waals surface area (Å²) in [7, 11) is 1.92. The monoisotopic (exact) mass is 339 g/mol. The van der Waals surface area contributed by atoms with E-state index in [9.17, 15) is 4.79 Å². The number of hydrogen-bond acceptors (Lipinski definition) is 4. The van der Waals surface area contributed by atoms with E-state index in [1.807, 2.05) is 48.7 Å². The summed E-state index contributed by atoms with van der Waals surface area (Å²) in [6.07, 6.45) is 1.73. The third kappa shape index (κ3) is 2.51. The summed E-state index contributed by atoms with van der Waals surface area (Å²) in [4.78, 5) is 15.2. The lowest BCUT2D eigenvalue weighted by Gasteiger charge is -2.36. The predicted octanol–water partition coefficient (Wildman–Crippen LogP) is 2.13. The van der Waals surface area contributed by atoms with Crippen molar-refractivity contribution < 1.29 is 9.53 Å². The highest BCUT2D eigenvalue weighted by Crippen LogP contribution is 2.31. The van der Waals surface area contributed by atoms with Crippen molar-refractivity contribution in [1.82, 2.24) is 24.9 Å². The molecule has 7 heteroatoms. The van der Waals surface area contributed by atoms with E-state index in [2.05, 4.69) is 15.3 Å². The first kappa shape index (κ1) is 15.8. The SMILES string of the molecule is Cc1nn(C)c(C)c1[C@H]1COCCN1C(=O)c1cccc2cn[nH]c12. The Morgan fingerprint density at radius 2 is 2.20 bits per heavy atom. The van der Waals surface area contributed by atoms with E-state index < -0.39 is 0 Å². The summed E-state index contributed by atoms with van der Waals surface area (Å²) < 4.78 is 7.55. The molecule has 1 N–H and O–H groups in total. The molecule has 3 heterocycles. The molecule has 4 rings (SSSR count). The van der Waals surface area contributed by atoms with Gasteiger partial charge in [0, 0.05) is 30.2 Å². The van der Waals surface area contributed by atoms with E-state index in [-0.39, 0.29) is 11.9 Å². The van der Waals surface area contributed by atoms with Crippen molar-refractivity contribution >= 4 is 16.8 Å². The van der Waals surface area contributed by atoms with Gasteiger partial charge in [0.15, 0.2) is 0 Å². The molecular formula is C18H21N5O2. The van der Waals surface area contributed by atoms with E-state index in [1.54, 1.807) is 6.20 Å². The number of nitrogens with zero attached hydrogens (tertiary/aromatic N) is 4. The lowest BCUT2D eigenvalue weighted by atomic mass is 10.0. The number of nitrogens with one attached hydrogen (secondary N) is 1. The molecule has 1 aromatic carbocycles. The number of aryl methyl sites for hydroxylation is 2. The number of ether oxygens (including phenoxy) is 1. The van der Waals surface area contributed by atoms with Crippen LogP contribution in [0.15, 0.2) is 24.4 Å². The van der Waals surface area contributed by atoms with Crippen molar-refractivity contribution in [2.75, 3.05) is 19.8 Å². The molecule has 2 aromatic heterocycles. The number of aromatic nitrogens is 4. The number of H-pyrrole nitrogens is 1. The number of para-hydroxylation sites is 1. The molecule has 0 bridgehead atoms. The second-order valence-corrected chi connectivity index (χ2v) is 6.44. The van der Waals surface area contributed by atoms with E-state index in [0.29, 0.717) is 25.3 Å². The zero-order chi connectivity index (χ0) is 17.6. The lowest BCUT2D eigenvalue weighted by molar-refractivity contribution is -0.00295. The number of carbonyl (C=O) groups excluding carboxylic acids is 1. The van der Waals surface area contributed by atoms with Crippen LogP contribution in [-0.4, -0.2) is 50.5 Å². The summed E-state index contributed by atoms with van der Waals surface area (Å²) in [5.74, 6) is -0.00852. The fourth-order valence-corrected chi connectivity index (χ4v) is 3.66. The first-order valence-corrected chi connectivity index (χ1v) is 8.39. The molecule has 3 aromatic rings. The fourth-order valence-electron chi connectivity index (χ4n) is 3.66. The zero-order valence-corrected chi connectivity index (χ0v) is 14.6. The molecule has 0 saturated carbocycles. The quantitative estimate of drug-likeness (QED) is 0.776. The number of aromatic amines is 1. The number of morpholine rings is 1. The molecule has 25 heavy (non-hydrogen) atoms. The van der Waals surface area contributed by atoms with Crippen LogP contribution in [0.3, 0.4) is 0 Å². The number of benzene rings is 1. The van der Waals surface area contributed by atoms with Gasteiger partial charge in [-0.15, -0.1) is 0 Å². The van der Waals surface area contributed by atoms with E-state index >= 15 is 0 Å². The van der Waals surface area contributed by atoms with Crippen molar-refractivity contribution in [2.24, 2.45) is 7.05 Å².